The van der Waals surface area contributed by atoms with Gasteiger partial charge in [-0.15, -0.1) is 0 Å². The van der Waals surface area contributed by atoms with Crippen LogP contribution in [0.15, 0.2) is 47.6 Å². The van der Waals surface area contributed by atoms with E-state index in [0.29, 0.717) is 11.1 Å². The second kappa shape index (κ2) is 7.08. The molecule has 0 fully saturated rings. The molecular formula is C16H14N2O5. The van der Waals surface area contributed by atoms with Gasteiger partial charge in [0, 0.05) is 0 Å². The van der Waals surface area contributed by atoms with Gasteiger partial charge in [-0.05, 0) is 41.5 Å². The number of aromatic hydroxyl groups is 2. The van der Waals surface area contributed by atoms with E-state index in [4.69, 9.17) is 5.11 Å². The van der Waals surface area contributed by atoms with Crippen LogP contribution in [0.2, 0.25) is 0 Å². The quantitative estimate of drug-likeness (QED) is 0.492. The number of hydrogen-bond acceptors (Lipinski definition) is 5. The van der Waals surface area contributed by atoms with Gasteiger partial charge in [-0.1, -0.05) is 12.1 Å². The van der Waals surface area contributed by atoms with E-state index in [1.54, 1.807) is 12.1 Å². The monoisotopic (exact) mass is 314 g/mol. The number of hydrazone groups is 1. The number of phenolic OH excluding ortho intramolecular Hbond substituents is 1. The van der Waals surface area contributed by atoms with Gasteiger partial charge in [-0.2, -0.15) is 5.10 Å². The van der Waals surface area contributed by atoms with Crippen LogP contribution >= 0.6 is 0 Å². The van der Waals surface area contributed by atoms with Crippen LogP contribution in [0.5, 0.6) is 11.5 Å². The van der Waals surface area contributed by atoms with Gasteiger partial charge in [-0.25, -0.2) is 10.2 Å². The smallest absolute Gasteiger partial charge is 0.339 e. The Hall–Kier alpha value is -3.35. The van der Waals surface area contributed by atoms with Crippen molar-refractivity contribution in [3.63, 3.8) is 0 Å². The number of nitrogens with zero attached hydrogens (tertiary/aromatic N) is 1. The van der Waals surface area contributed by atoms with Crippen molar-refractivity contribution >= 4 is 18.1 Å². The lowest BCUT2D eigenvalue weighted by Crippen LogP contribution is -2.19. The van der Waals surface area contributed by atoms with Crippen molar-refractivity contribution in [2.45, 2.75) is 6.42 Å². The van der Waals surface area contributed by atoms with Crippen LogP contribution in [0, 0.1) is 0 Å². The van der Waals surface area contributed by atoms with Gasteiger partial charge >= 0.3 is 5.97 Å². The summed E-state index contributed by atoms with van der Waals surface area (Å²) in [6.45, 7) is 0. The van der Waals surface area contributed by atoms with E-state index in [1.807, 2.05) is 0 Å². The number of phenols is 2. The zero-order chi connectivity index (χ0) is 16.8. The predicted octanol–water partition coefficient (Wildman–Crippen LogP) is 1.49. The Morgan fingerprint density at radius 3 is 2.61 bits per heavy atom. The van der Waals surface area contributed by atoms with Crippen LogP contribution in [-0.4, -0.2) is 33.4 Å². The fraction of sp³-hybridized carbons (Fsp3) is 0.0625. The molecule has 0 atom stereocenters. The normalized spacial score (nSPS) is 10.6. The zero-order valence-electron chi connectivity index (χ0n) is 11.9. The van der Waals surface area contributed by atoms with Crippen molar-refractivity contribution in [2.24, 2.45) is 5.10 Å². The molecule has 23 heavy (non-hydrogen) atoms. The van der Waals surface area contributed by atoms with E-state index >= 15 is 0 Å². The largest absolute Gasteiger partial charge is 0.508 e. The first-order chi connectivity index (χ1) is 11.0. The second-order valence-corrected chi connectivity index (χ2v) is 4.72. The van der Waals surface area contributed by atoms with Gasteiger partial charge in [0.15, 0.2) is 0 Å². The number of rotatable bonds is 5. The maximum absolute atomic E-state index is 11.7. The molecular weight excluding hydrogens is 300 g/mol. The van der Waals surface area contributed by atoms with E-state index in [2.05, 4.69) is 10.5 Å². The van der Waals surface area contributed by atoms with Gasteiger partial charge in [0.2, 0.25) is 5.91 Å². The van der Waals surface area contributed by atoms with Crippen molar-refractivity contribution in [1.82, 2.24) is 5.43 Å². The summed E-state index contributed by atoms with van der Waals surface area (Å²) in [6.07, 6.45) is 1.31. The van der Waals surface area contributed by atoms with Gasteiger partial charge in [0.05, 0.1) is 12.6 Å². The Morgan fingerprint density at radius 2 is 1.91 bits per heavy atom. The van der Waals surface area contributed by atoms with E-state index in [0.717, 1.165) is 0 Å². The van der Waals surface area contributed by atoms with E-state index in [1.165, 1.54) is 36.5 Å². The van der Waals surface area contributed by atoms with Crippen LogP contribution in [0.1, 0.15) is 21.5 Å². The summed E-state index contributed by atoms with van der Waals surface area (Å²) >= 11 is 0. The van der Waals surface area contributed by atoms with Gasteiger partial charge in [0.1, 0.15) is 17.1 Å². The molecule has 4 N–H and O–H groups in total. The van der Waals surface area contributed by atoms with Crippen LogP contribution in [-0.2, 0) is 11.2 Å². The van der Waals surface area contributed by atoms with Crippen molar-refractivity contribution < 1.29 is 24.9 Å². The molecule has 7 heteroatoms. The summed E-state index contributed by atoms with van der Waals surface area (Å²) in [7, 11) is 0. The van der Waals surface area contributed by atoms with Crippen LogP contribution in [0.25, 0.3) is 0 Å². The first kappa shape index (κ1) is 16.0. The van der Waals surface area contributed by atoms with E-state index in [-0.39, 0.29) is 29.4 Å². The van der Waals surface area contributed by atoms with Crippen molar-refractivity contribution in [3.05, 3.63) is 59.2 Å². The van der Waals surface area contributed by atoms with Crippen LogP contribution in [0.4, 0.5) is 0 Å². The molecule has 0 bridgehead atoms. The lowest BCUT2D eigenvalue weighted by Gasteiger charge is -2.02. The van der Waals surface area contributed by atoms with Gasteiger partial charge < -0.3 is 15.3 Å². The molecule has 118 valence electrons. The molecule has 0 heterocycles. The lowest BCUT2D eigenvalue weighted by atomic mass is 10.1. The van der Waals surface area contributed by atoms with Crippen LogP contribution < -0.4 is 5.43 Å². The highest BCUT2D eigenvalue weighted by molar-refractivity contribution is 5.93. The highest BCUT2D eigenvalue weighted by atomic mass is 16.4. The molecule has 0 aliphatic carbocycles. The number of carbonyl (C=O) groups excluding carboxylic acids is 1. The first-order valence-electron chi connectivity index (χ1n) is 6.62. The van der Waals surface area contributed by atoms with Crippen molar-refractivity contribution in [1.29, 1.82) is 0 Å². The summed E-state index contributed by atoms with van der Waals surface area (Å²) in [5, 5.41) is 31.3. The number of carbonyl (C=O) groups is 2. The molecule has 0 radical (unpaired) electrons. The molecule has 0 aromatic heterocycles. The van der Waals surface area contributed by atoms with Crippen molar-refractivity contribution in [2.75, 3.05) is 0 Å². The zero-order valence-corrected chi connectivity index (χ0v) is 11.9. The standard InChI is InChI=1S/C16H14N2O5/c19-12-3-1-2-10(6-12)8-15(21)18-17-9-11-4-5-14(20)13(7-11)16(22)23/h1-7,9,19-20H,8H2,(H,18,21)(H,22,23). The molecule has 2 aromatic carbocycles. The molecule has 0 unspecified atom stereocenters. The number of carboxylic acid groups (broad SMARTS) is 1. The Morgan fingerprint density at radius 1 is 1.13 bits per heavy atom. The highest BCUT2D eigenvalue weighted by Gasteiger charge is 2.09. The Balaban J connectivity index is 1.97. The third-order valence-electron chi connectivity index (χ3n) is 2.93. The Bertz CT molecular complexity index is 771. The lowest BCUT2D eigenvalue weighted by molar-refractivity contribution is -0.120. The van der Waals surface area contributed by atoms with E-state index < -0.39 is 5.97 Å². The van der Waals surface area contributed by atoms with Gasteiger partial charge in [0.25, 0.3) is 0 Å². The number of hydrogen-bond donors (Lipinski definition) is 4. The predicted molar refractivity (Wildman–Crippen MR) is 82.6 cm³/mol. The molecule has 2 rings (SSSR count). The molecule has 0 aliphatic rings. The molecule has 0 saturated carbocycles. The molecule has 1 amide bonds. The Labute approximate surface area is 131 Å². The number of amides is 1. The molecule has 2 aromatic rings. The maximum Gasteiger partial charge on any atom is 0.339 e. The summed E-state index contributed by atoms with van der Waals surface area (Å²) in [5.41, 5.74) is 3.10. The third kappa shape index (κ3) is 4.57. The Kier molecular flexibility index (Phi) is 4.93. The molecule has 0 aliphatic heterocycles. The summed E-state index contributed by atoms with van der Waals surface area (Å²) < 4.78 is 0. The minimum absolute atomic E-state index is 0.0433. The number of nitrogens with one attached hydrogen (secondary N) is 1. The fourth-order valence-electron chi connectivity index (χ4n) is 1.88. The first-order valence-corrected chi connectivity index (χ1v) is 6.62. The molecule has 0 spiro atoms. The van der Waals surface area contributed by atoms with Crippen molar-refractivity contribution in [3.8, 4) is 11.5 Å². The number of aromatic carboxylic acids is 1. The minimum Gasteiger partial charge on any atom is -0.508 e. The SMILES string of the molecule is O=C(Cc1cccc(O)c1)NN=Cc1ccc(O)c(C(=O)O)c1. The minimum atomic E-state index is -1.26. The van der Waals surface area contributed by atoms with E-state index in [9.17, 15) is 19.8 Å². The summed E-state index contributed by atoms with van der Waals surface area (Å²) in [4.78, 5) is 22.6. The summed E-state index contributed by atoms with van der Waals surface area (Å²) in [6, 6.07) is 10.2. The number of benzene rings is 2. The molecule has 7 nitrogen and oxygen atoms in total. The summed E-state index contributed by atoms with van der Waals surface area (Å²) in [5.74, 6) is -1.92. The van der Waals surface area contributed by atoms with Crippen LogP contribution in [0.3, 0.4) is 0 Å². The third-order valence-corrected chi connectivity index (χ3v) is 2.93. The topological polar surface area (TPSA) is 119 Å². The highest BCUT2D eigenvalue weighted by Crippen LogP contribution is 2.17. The fourth-order valence-corrected chi connectivity index (χ4v) is 1.88. The average molecular weight is 314 g/mol. The maximum atomic E-state index is 11.7. The number of carboxylic acids is 1. The molecule has 0 saturated heterocycles. The second-order valence-electron chi connectivity index (χ2n) is 4.72. The van der Waals surface area contributed by atoms with Gasteiger partial charge in [-0.3, -0.25) is 4.79 Å². The average Bonchev–Trinajstić information content (AvgIpc) is 2.48.